The van der Waals surface area contributed by atoms with Gasteiger partial charge in [0.25, 0.3) is 0 Å². The third-order valence-electron chi connectivity index (χ3n) is 3.72. The summed E-state index contributed by atoms with van der Waals surface area (Å²) >= 11 is 0. The first-order valence-corrected chi connectivity index (χ1v) is 7.06. The van der Waals surface area contributed by atoms with Crippen LogP contribution in [-0.2, 0) is 4.74 Å². The molecule has 21 heavy (non-hydrogen) atoms. The van der Waals surface area contributed by atoms with E-state index in [4.69, 9.17) is 4.74 Å². The monoisotopic (exact) mass is 288 g/mol. The van der Waals surface area contributed by atoms with Gasteiger partial charge in [-0.1, -0.05) is 6.08 Å². The minimum Gasteiger partial charge on any atom is -0.450 e. The zero-order valence-corrected chi connectivity index (χ0v) is 11.9. The number of hydrogen-bond donors (Lipinski definition) is 1. The second kappa shape index (κ2) is 5.60. The molecule has 0 bridgehead atoms. The van der Waals surface area contributed by atoms with E-state index in [0.717, 1.165) is 22.9 Å². The molecule has 0 aliphatic carbocycles. The van der Waals surface area contributed by atoms with Gasteiger partial charge in [0.1, 0.15) is 5.82 Å². The highest BCUT2D eigenvalue weighted by Gasteiger charge is 2.20. The van der Waals surface area contributed by atoms with Crippen LogP contribution in [0, 0.1) is 5.82 Å². The van der Waals surface area contributed by atoms with Gasteiger partial charge in [-0.25, -0.2) is 9.18 Å². The van der Waals surface area contributed by atoms with E-state index >= 15 is 0 Å². The lowest BCUT2D eigenvalue weighted by atomic mass is 9.99. The summed E-state index contributed by atoms with van der Waals surface area (Å²) in [6.07, 6.45) is 4.43. The smallest absolute Gasteiger partial charge is 0.410 e. The Kier molecular flexibility index (Phi) is 3.64. The van der Waals surface area contributed by atoms with Gasteiger partial charge in [0.2, 0.25) is 0 Å². The van der Waals surface area contributed by atoms with Crippen molar-refractivity contribution in [2.45, 2.75) is 13.3 Å². The van der Waals surface area contributed by atoms with Gasteiger partial charge in [0, 0.05) is 35.8 Å². The first-order valence-electron chi connectivity index (χ1n) is 7.06. The molecular weight excluding hydrogens is 271 g/mol. The fourth-order valence-electron chi connectivity index (χ4n) is 2.66. The number of aromatic nitrogens is 1. The second-order valence-electron chi connectivity index (χ2n) is 5.02. The molecule has 1 aliphatic heterocycles. The first kappa shape index (κ1) is 13.7. The molecule has 1 amide bonds. The van der Waals surface area contributed by atoms with E-state index in [9.17, 15) is 9.18 Å². The zero-order chi connectivity index (χ0) is 14.8. The number of benzene rings is 1. The van der Waals surface area contributed by atoms with Crippen molar-refractivity contribution in [3.63, 3.8) is 0 Å². The van der Waals surface area contributed by atoms with Gasteiger partial charge < -0.3 is 14.6 Å². The number of fused-ring (bicyclic) bond motifs is 1. The zero-order valence-electron chi connectivity index (χ0n) is 11.9. The maximum Gasteiger partial charge on any atom is 0.410 e. The third kappa shape index (κ3) is 2.63. The van der Waals surface area contributed by atoms with Gasteiger partial charge in [0.05, 0.1) is 6.61 Å². The quantitative estimate of drug-likeness (QED) is 0.918. The Morgan fingerprint density at radius 3 is 3.05 bits per heavy atom. The van der Waals surface area contributed by atoms with Crippen LogP contribution in [0.2, 0.25) is 0 Å². The van der Waals surface area contributed by atoms with Crippen LogP contribution >= 0.6 is 0 Å². The summed E-state index contributed by atoms with van der Waals surface area (Å²) in [5.74, 6) is -0.248. The van der Waals surface area contributed by atoms with Crippen molar-refractivity contribution in [3.8, 4) is 0 Å². The first-order chi connectivity index (χ1) is 10.2. The van der Waals surface area contributed by atoms with E-state index in [1.165, 1.54) is 17.7 Å². The molecule has 0 saturated heterocycles. The van der Waals surface area contributed by atoms with Gasteiger partial charge in [0.15, 0.2) is 0 Å². The Labute approximate surface area is 122 Å². The topological polar surface area (TPSA) is 45.3 Å². The van der Waals surface area contributed by atoms with E-state index in [2.05, 4.69) is 4.98 Å². The van der Waals surface area contributed by atoms with Crippen LogP contribution in [0.25, 0.3) is 16.5 Å². The van der Waals surface area contributed by atoms with Gasteiger partial charge in [-0.2, -0.15) is 0 Å². The number of amides is 1. The van der Waals surface area contributed by atoms with E-state index in [0.29, 0.717) is 19.7 Å². The van der Waals surface area contributed by atoms with E-state index < -0.39 is 0 Å². The summed E-state index contributed by atoms with van der Waals surface area (Å²) in [5.41, 5.74) is 3.04. The molecule has 0 saturated carbocycles. The lowest BCUT2D eigenvalue weighted by molar-refractivity contribution is 0.111. The predicted octanol–water partition coefficient (Wildman–Crippen LogP) is 3.55. The van der Waals surface area contributed by atoms with Crippen molar-refractivity contribution < 1.29 is 13.9 Å². The van der Waals surface area contributed by atoms with Crippen LogP contribution in [-0.4, -0.2) is 35.7 Å². The summed E-state index contributed by atoms with van der Waals surface area (Å²) < 4.78 is 18.2. The number of aromatic amines is 1. The molecule has 0 fully saturated rings. The lowest BCUT2D eigenvalue weighted by Gasteiger charge is -2.25. The maximum absolute atomic E-state index is 13.2. The Morgan fingerprint density at radius 2 is 2.33 bits per heavy atom. The number of rotatable bonds is 2. The fourth-order valence-corrected chi connectivity index (χ4v) is 2.66. The van der Waals surface area contributed by atoms with Crippen molar-refractivity contribution in [1.29, 1.82) is 0 Å². The van der Waals surface area contributed by atoms with Gasteiger partial charge in [-0.05, 0) is 37.1 Å². The second-order valence-corrected chi connectivity index (χ2v) is 5.02. The summed E-state index contributed by atoms with van der Waals surface area (Å²) in [4.78, 5) is 16.4. The van der Waals surface area contributed by atoms with Crippen LogP contribution < -0.4 is 0 Å². The minimum atomic E-state index is -0.270. The molecule has 1 N–H and O–H groups in total. The Bertz CT molecular complexity index is 705. The Morgan fingerprint density at radius 1 is 1.48 bits per heavy atom. The third-order valence-corrected chi connectivity index (χ3v) is 3.72. The van der Waals surface area contributed by atoms with Gasteiger partial charge in [-0.3, -0.25) is 0 Å². The highest BCUT2D eigenvalue weighted by Crippen LogP contribution is 2.29. The normalized spacial score (nSPS) is 15.1. The van der Waals surface area contributed by atoms with Crippen molar-refractivity contribution in [2.75, 3.05) is 19.7 Å². The number of nitrogens with one attached hydrogen (secondary N) is 1. The average molecular weight is 288 g/mol. The van der Waals surface area contributed by atoms with Crippen molar-refractivity contribution >= 4 is 22.6 Å². The summed E-state index contributed by atoms with van der Waals surface area (Å²) in [7, 11) is 0. The molecule has 1 aromatic carbocycles. The molecular formula is C16H17FN2O2. The molecule has 0 unspecified atom stereocenters. The van der Waals surface area contributed by atoms with E-state index in [-0.39, 0.29) is 11.9 Å². The summed E-state index contributed by atoms with van der Waals surface area (Å²) in [5, 5.41) is 1.01. The summed E-state index contributed by atoms with van der Waals surface area (Å²) in [6.45, 7) is 3.37. The number of ether oxygens (including phenoxy) is 1. The highest BCUT2D eigenvalue weighted by molar-refractivity contribution is 5.93. The molecule has 3 rings (SSSR count). The molecule has 2 heterocycles. The standard InChI is InChI=1S/C16H17FN2O2/c1-2-21-16(20)19-7-5-11(6-8-19)14-10-18-15-9-12(17)3-4-13(14)15/h3-5,9-10,18H,2,6-8H2,1H3. The van der Waals surface area contributed by atoms with Crippen LogP contribution in [0.5, 0.6) is 0 Å². The molecule has 4 nitrogen and oxygen atoms in total. The Balaban J connectivity index is 1.83. The van der Waals surface area contributed by atoms with E-state index in [1.54, 1.807) is 17.9 Å². The van der Waals surface area contributed by atoms with Crippen LogP contribution in [0.4, 0.5) is 9.18 Å². The van der Waals surface area contributed by atoms with Crippen LogP contribution in [0.1, 0.15) is 18.9 Å². The van der Waals surface area contributed by atoms with Crippen molar-refractivity contribution in [1.82, 2.24) is 9.88 Å². The van der Waals surface area contributed by atoms with Gasteiger partial charge in [-0.15, -0.1) is 0 Å². The number of carbonyl (C=O) groups excluding carboxylic acids is 1. The molecule has 2 aromatic rings. The van der Waals surface area contributed by atoms with Crippen LogP contribution in [0.15, 0.2) is 30.5 Å². The number of hydrogen-bond acceptors (Lipinski definition) is 2. The molecule has 0 radical (unpaired) electrons. The van der Waals surface area contributed by atoms with Gasteiger partial charge >= 0.3 is 6.09 Å². The highest BCUT2D eigenvalue weighted by atomic mass is 19.1. The molecule has 0 atom stereocenters. The molecule has 5 heteroatoms. The SMILES string of the molecule is CCOC(=O)N1CC=C(c2c[nH]c3cc(F)ccc23)CC1. The largest absolute Gasteiger partial charge is 0.450 e. The molecule has 1 aliphatic rings. The fraction of sp³-hybridized carbons (Fsp3) is 0.312. The number of H-pyrrole nitrogens is 1. The number of halogens is 1. The molecule has 110 valence electrons. The molecule has 1 aromatic heterocycles. The number of nitrogens with zero attached hydrogens (tertiary/aromatic N) is 1. The van der Waals surface area contributed by atoms with E-state index in [1.807, 2.05) is 12.3 Å². The minimum absolute atomic E-state index is 0.248. The van der Waals surface area contributed by atoms with Crippen molar-refractivity contribution in [3.05, 3.63) is 41.9 Å². The lowest BCUT2D eigenvalue weighted by Crippen LogP contribution is -2.35. The maximum atomic E-state index is 13.2. The summed E-state index contributed by atoms with van der Waals surface area (Å²) in [6, 6.07) is 4.75. The molecule has 0 spiro atoms. The average Bonchev–Trinajstić information content (AvgIpc) is 2.90. The number of carbonyl (C=O) groups is 1. The Hall–Kier alpha value is -2.30. The van der Waals surface area contributed by atoms with Crippen LogP contribution in [0.3, 0.4) is 0 Å². The predicted molar refractivity (Wildman–Crippen MR) is 79.4 cm³/mol. The van der Waals surface area contributed by atoms with Crippen molar-refractivity contribution in [2.24, 2.45) is 0 Å².